The predicted octanol–water partition coefficient (Wildman–Crippen LogP) is 3.04. The first kappa shape index (κ1) is 13.5. The van der Waals surface area contributed by atoms with Crippen LogP contribution in [0.2, 0.25) is 0 Å². The van der Waals surface area contributed by atoms with Crippen LogP contribution in [0.25, 0.3) is 11.0 Å². The van der Waals surface area contributed by atoms with Crippen LogP contribution in [0.5, 0.6) is 0 Å². The van der Waals surface area contributed by atoms with Crippen LogP contribution in [-0.2, 0) is 0 Å². The van der Waals surface area contributed by atoms with E-state index >= 15 is 0 Å². The van der Waals surface area contributed by atoms with Gasteiger partial charge in [-0.25, -0.2) is 4.68 Å². The number of Topliss-reactive ketones (excluding diaryl/α,β-unsaturated/α-hetero) is 1. The van der Waals surface area contributed by atoms with Crippen LogP contribution in [-0.4, -0.2) is 31.7 Å². The Kier molecular flexibility index (Phi) is 3.22. The summed E-state index contributed by atoms with van der Waals surface area (Å²) in [6.45, 7) is 1.91. The Bertz CT molecular complexity index is 850. The van der Waals surface area contributed by atoms with Crippen molar-refractivity contribution in [2.24, 2.45) is 0 Å². The highest BCUT2D eigenvalue weighted by atomic mass is 32.2. The van der Waals surface area contributed by atoms with Crippen LogP contribution in [0.15, 0.2) is 33.8 Å². The molecule has 112 valence electrons. The van der Waals surface area contributed by atoms with Crippen molar-refractivity contribution in [2.45, 2.75) is 31.0 Å². The van der Waals surface area contributed by atoms with Crippen molar-refractivity contribution in [2.75, 3.05) is 5.75 Å². The van der Waals surface area contributed by atoms with Gasteiger partial charge in [0.05, 0.1) is 11.8 Å². The largest absolute Gasteiger partial charge is 0.453 e. The van der Waals surface area contributed by atoms with Crippen LogP contribution in [0.3, 0.4) is 0 Å². The molecule has 6 nitrogen and oxygen atoms in total. The van der Waals surface area contributed by atoms with Crippen LogP contribution in [0, 0.1) is 6.92 Å². The molecule has 0 N–H and O–H groups in total. The SMILES string of the molecule is Cc1c(C(=O)CSc2nnnn2C2CC2)oc2ccccc12. The maximum absolute atomic E-state index is 12.4. The average Bonchev–Trinajstić information content (AvgIpc) is 3.18. The molecule has 22 heavy (non-hydrogen) atoms. The minimum absolute atomic E-state index is 0.0379. The van der Waals surface area contributed by atoms with Crippen LogP contribution < -0.4 is 0 Å². The first-order valence-electron chi connectivity index (χ1n) is 7.16. The van der Waals surface area contributed by atoms with Crippen molar-refractivity contribution >= 4 is 28.5 Å². The van der Waals surface area contributed by atoms with E-state index in [1.165, 1.54) is 11.8 Å². The predicted molar refractivity (Wildman–Crippen MR) is 82.1 cm³/mol. The number of nitrogens with zero attached hydrogens (tertiary/aromatic N) is 4. The lowest BCUT2D eigenvalue weighted by Crippen LogP contribution is -2.05. The Balaban J connectivity index is 1.53. The van der Waals surface area contributed by atoms with Gasteiger partial charge in [0.15, 0.2) is 5.76 Å². The number of furan rings is 1. The Morgan fingerprint density at radius 2 is 2.23 bits per heavy atom. The lowest BCUT2D eigenvalue weighted by molar-refractivity contribution is 0.0993. The number of thioether (sulfide) groups is 1. The Morgan fingerprint density at radius 1 is 1.41 bits per heavy atom. The summed E-state index contributed by atoms with van der Waals surface area (Å²) in [5.41, 5.74) is 1.64. The maximum atomic E-state index is 12.4. The Labute approximate surface area is 130 Å². The fourth-order valence-corrected chi connectivity index (χ4v) is 3.27. The van der Waals surface area contributed by atoms with Gasteiger partial charge in [0.2, 0.25) is 10.9 Å². The zero-order valence-electron chi connectivity index (χ0n) is 12.0. The molecule has 0 spiro atoms. The number of aryl methyl sites for hydroxylation is 1. The zero-order valence-corrected chi connectivity index (χ0v) is 12.8. The quantitative estimate of drug-likeness (QED) is 0.532. The normalized spacial score (nSPS) is 14.6. The van der Waals surface area contributed by atoms with E-state index in [9.17, 15) is 4.79 Å². The number of ketones is 1. The summed E-state index contributed by atoms with van der Waals surface area (Å²) in [7, 11) is 0. The summed E-state index contributed by atoms with van der Waals surface area (Å²) in [4.78, 5) is 12.4. The van der Waals surface area contributed by atoms with E-state index in [0.717, 1.165) is 29.4 Å². The summed E-state index contributed by atoms with van der Waals surface area (Å²) in [6, 6.07) is 8.09. The summed E-state index contributed by atoms with van der Waals surface area (Å²) in [6.07, 6.45) is 2.21. The fraction of sp³-hybridized carbons (Fsp3) is 0.333. The molecule has 7 heteroatoms. The second-order valence-electron chi connectivity index (χ2n) is 5.40. The van der Waals surface area contributed by atoms with Crippen LogP contribution in [0.4, 0.5) is 0 Å². The molecule has 2 aromatic heterocycles. The molecule has 0 radical (unpaired) electrons. The second kappa shape index (κ2) is 5.24. The van der Waals surface area contributed by atoms with Gasteiger partial charge in [0.25, 0.3) is 0 Å². The highest BCUT2D eigenvalue weighted by molar-refractivity contribution is 7.99. The smallest absolute Gasteiger partial charge is 0.210 e. The number of hydrogen-bond acceptors (Lipinski definition) is 6. The molecular weight excluding hydrogens is 300 g/mol. The van der Waals surface area contributed by atoms with Gasteiger partial charge in [-0.05, 0) is 36.3 Å². The summed E-state index contributed by atoms with van der Waals surface area (Å²) >= 11 is 1.36. The van der Waals surface area contributed by atoms with E-state index in [2.05, 4.69) is 15.5 Å². The topological polar surface area (TPSA) is 73.8 Å². The van der Waals surface area contributed by atoms with Crippen molar-refractivity contribution < 1.29 is 9.21 Å². The molecule has 2 heterocycles. The van der Waals surface area contributed by atoms with Crippen molar-refractivity contribution in [1.82, 2.24) is 20.2 Å². The number of rotatable bonds is 5. The average molecular weight is 314 g/mol. The van der Waals surface area contributed by atoms with Crippen molar-refractivity contribution in [3.05, 3.63) is 35.6 Å². The number of carbonyl (C=O) groups is 1. The van der Waals surface area contributed by atoms with Gasteiger partial charge in [0, 0.05) is 10.9 Å². The number of tetrazole rings is 1. The lowest BCUT2D eigenvalue weighted by atomic mass is 10.1. The zero-order chi connectivity index (χ0) is 15.1. The fourth-order valence-electron chi connectivity index (χ4n) is 2.46. The third-order valence-electron chi connectivity index (χ3n) is 3.78. The van der Waals surface area contributed by atoms with Crippen molar-refractivity contribution in [1.29, 1.82) is 0 Å². The molecule has 0 saturated heterocycles. The Morgan fingerprint density at radius 3 is 3.00 bits per heavy atom. The van der Waals surface area contributed by atoms with Gasteiger partial charge in [-0.15, -0.1) is 5.10 Å². The summed E-state index contributed by atoms with van der Waals surface area (Å²) < 4.78 is 7.51. The molecule has 1 aliphatic carbocycles. The highest BCUT2D eigenvalue weighted by Crippen LogP contribution is 2.36. The molecule has 0 aliphatic heterocycles. The number of para-hydroxylation sites is 1. The molecule has 1 aliphatic rings. The first-order chi connectivity index (χ1) is 10.7. The molecule has 1 saturated carbocycles. The molecule has 0 bridgehead atoms. The van der Waals surface area contributed by atoms with Gasteiger partial charge in [-0.1, -0.05) is 30.0 Å². The molecule has 0 amide bonds. The van der Waals surface area contributed by atoms with Gasteiger partial charge in [-0.3, -0.25) is 4.79 Å². The molecule has 4 rings (SSSR count). The van der Waals surface area contributed by atoms with Gasteiger partial charge in [-0.2, -0.15) is 0 Å². The van der Waals surface area contributed by atoms with Gasteiger partial charge >= 0.3 is 0 Å². The number of carbonyl (C=O) groups excluding carboxylic acids is 1. The van der Waals surface area contributed by atoms with E-state index in [4.69, 9.17) is 4.42 Å². The van der Waals surface area contributed by atoms with Crippen LogP contribution >= 0.6 is 11.8 Å². The third kappa shape index (κ3) is 2.31. The summed E-state index contributed by atoms with van der Waals surface area (Å²) in [5, 5.41) is 13.3. The van der Waals surface area contributed by atoms with Gasteiger partial charge < -0.3 is 4.42 Å². The summed E-state index contributed by atoms with van der Waals surface area (Å²) in [5.74, 6) is 0.663. The van der Waals surface area contributed by atoms with Crippen LogP contribution in [0.1, 0.15) is 35.0 Å². The molecular formula is C15H14N4O2S. The molecule has 0 unspecified atom stereocenters. The standard InChI is InChI=1S/C15H14N4O2S/c1-9-11-4-2-3-5-13(11)21-14(9)12(20)8-22-15-16-17-18-19(15)10-6-7-10/h2-5,10H,6-8H2,1H3. The monoisotopic (exact) mass is 314 g/mol. The molecule has 1 aromatic carbocycles. The van der Waals surface area contributed by atoms with Crippen molar-refractivity contribution in [3.63, 3.8) is 0 Å². The number of benzene rings is 1. The Hall–Kier alpha value is -2.15. The number of fused-ring (bicyclic) bond motifs is 1. The number of aromatic nitrogens is 4. The minimum Gasteiger partial charge on any atom is -0.453 e. The highest BCUT2D eigenvalue weighted by Gasteiger charge is 2.28. The minimum atomic E-state index is -0.0379. The molecule has 1 fully saturated rings. The van der Waals surface area contributed by atoms with Crippen molar-refractivity contribution in [3.8, 4) is 0 Å². The third-order valence-corrected chi connectivity index (χ3v) is 4.72. The van der Waals surface area contributed by atoms with E-state index < -0.39 is 0 Å². The maximum Gasteiger partial charge on any atom is 0.210 e. The van der Waals surface area contributed by atoms with Gasteiger partial charge in [0.1, 0.15) is 5.58 Å². The van der Waals surface area contributed by atoms with E-state index in [1.807, 2.05) is 35.9 Å². The lowest BCUT2D eigenvalue weighted by Gasteiger charge is -2.01. The molecule has 0 atom stereocenters. The molecule has 3 aromatic rings. The van der Waals surface area contributed by atoms with E-state index in [-0.39, 0.29) is 11.5 Å². The second-order valence-corrected chi connectivity index (χ2v) is 6.34. The van der Waals surface area contributed by atoms with E-state index in [0.29, 0.717) is 17.0 Å². The first-order valence-corrected chi connectivity index (χ1v) is 8.14. The number of hydrogen-bond donors (Lipinski definition) is 0. The van der Waals surface area contributed by atoms with E-state index in [1.54, 1.807) is 0 Å².